The van der Waals surface area contributed by atoms with E-state index < -0.39 is 53.6 Å². The summed E-state index contributed by atoms with van der Waals surface area (Å²) in [6, 6.07) is 3.78. The van der Waals surface area contributed by atoms with Crippen LogP contribution in [0.15, 0.2) is 24.3 Å². The van der Waals surface area contributed by atoms with Crippen LogP contribution >= 0.6 is 0 Å². The molecule has 10 nitrogen and oxygen atoms in total. The Kier molecular flexibility index (Phi) is 10.8. The van der Waals surface area contributed by atoms with Crippen LogP contribution in [-0.4, -0.2) is 64.7 Å². The van der Waals surface area contributed by atoms with Crippen LogP contribution < -0.4 is 10.6 Å². The summed E-state index contributed by atoms with van der Waals surface area (Å²) < 4.78 is 9.98. The van der Waals surface area contributed by atoms with E-state index in [0.717, 1.165) is 0 Å². The minimum atomic E-state index is -1.22. The maximum atomic E-state index is 14.1. The molecule has 0 bridgehead atoms. The number of rotatable bonds is 10. The van der Waals surface area contributed by atoms with Gasteiger partial charge in [-0.3, -0.25) is 14.4 Å². The number of ether oxygens (including phenoxy) is 2. The number of amides is 3. The molecule has 0 aliphatic heterocycles. The molecule has 2 unspecified atom stereocenters. The van der Waals surface area contributed by atoms with Crippen molar-refractivity contribution in [1.29, 1.82) is 0 Å². The van der Waals surface area contributed by atoms with Crippen LogP contribution in [0.25, 0.3) is 0 Å². The van der Waals surface area contributed by atoms with Crippen LogP contribution in [0, 0.1) is 5.92 Å². The number of aromatic hydroxyl groups is 1. The SMILES string of the molecule is CCC(C)(C)N(C(=O)C(NC(=O)OC(C)(C)C)C(C)C)C(C(=O)NCC(=O)OC)c1cccc(O)c1. The van der Waals surface area contributed by atoms with Crippen LogP contribution in [0.3, 0.4) is 0 Å². The summed E-state index contributed by atoms with van der Waals surface area (Å²) in [5.41, 5.74) is -1.29. The van der Waals surface area contributed by atoms with E-state index >= 15 is 0 Å². The molecule has 3 amide bonds. The van der Waals surface area contributed by atoms with Crippen LogP contribution in [0.4, 0.5) is 4.79 Å². The molecular formula is C26H41N3O7. The summed E-state index contributed by atoms with van der Waals surface area (Å²) in [6.07, 6.45) is -0.289. The lowest BCUT2D eigenvalue weighted by Crippen LogP contribution is -2.60. The van der Waals surface area contributed by atoms with Gasteiger partial charge in [-0.2, -0.15) is 0 Å². The van der Waals surface area contributed by atoms with Crippen molar-refractivity contribution in [3.8, 4) is 5.75 Å². The molecule has 0 saturated heterocycles. The van der Waals surface area contributed by atoms with Gasteiger partial charge in [0.05, 0.1) is 7.11 Å². The van der Waals surface area contributed by atoms with E-state index in [4.69, 9.17) is 4.74 Å². The molecule has 1 aromatic carbocycles. The number of methoxy groups -OCH3 is 1. The fourth-order valence-electron chi connectivity index (χ4n) is 3.48. The third-order valence-corrected chi connectivity index (χ3v) is 5.69. The zero-order valence-corrected chi connectivity index (χ0v) is 22.8. The van der Waals surface area contributed by atoms with Gasteiger partial charge in [-0.1, -0.05) is 32.9 Å². The van der Waals surface area contributed by atoms with Crippen molar-refractivity contribution in [3.05, 3.63) is 29.8 Å². The molecule has 0 aliphatic rings. The Morgan fingerprint density at radius 3 is 2.17 bits per heavy atom. The van der Waals surface area contributed by atoms with Gasteiger partial charge >= 0.3 is 12.1 Å². The zero-order chi connectivity index (χ0) is 27.8. The molecule has 3 N–H and O–H groups in total. The third-order valence-electron chi connectivity index (χ3n) is 5.69. The van der Waals surface area contributed by atoms with E-state index in [1.54, 1.807) is 60.6 Å². The van der Waals surface area contributed by atoms with Crippen molar-refractivity contribution in [2.24, 2.45) is 5.92 Å². The van der Waals surface area contributed by atoms with E-state index in [0.29, 0.717) is 12.0 Å². The molecule has 0 fully saturated rings. The Labute approximate surface area is 213 Å². The molecule has 0 aromatic heterocycles. The first-order valence-electron chi connectivity index (χ1n) is 12.0. The van der Waals surface area contributed by atoms with Crippen molar-refractivity contribution in [2.45, 2.75) is 85.0 Å². The minimum Gasteiger partial charge on any atom is -0.508 e. The smallest absolute Gasteiger partial charge is 0.408 e. The summed E-state index contributed by atoms with van der Waals surface area (Å²) in [7, 11) is 1.20. The van der Waals surface area contributed by atoms with Gasteiger partial charge in [-0.15, -0.1) is 0 Å². The van der Waals surface area contributed by atoms with Gasteiger partial charge in [0.2, 0.25) is 11.8 Å². The number of hydrogen-bond donors (Lipinski definition) is 3. The van der Waals surface area contributed by atoms with E-state index in [1.807, 2.05) is 6.92 Å². The summed E-state index contributed by atoms with van der Waals surface area (Å²) in [6.45, 7) is 13.8. The Balaban J connectivity index is 3.60. The zero-order valence-electron chi connectivity index (χ0n) is 22.8. The molecule has 0 radical (unpaired) electrons. The van der Waals surface area contributed by atoms with Crippen LogP contribution in [0.5, 0.6) is 5.75 Å². The van der Waals surface area contributed by atoms with Crippen LogP contribution in [0.2, 0.25) is 0 Å². The summed E-state index contributed by atoms with van der Waals surface area (Å²) in [5, 5.41) is 15.3. The second-order valence-electron chi connectivity index (χ2n) is 10.5. The topological polar surface area (TPSA) is 134 Å². The van der Waals surface area contributed by atoms with Crippen molar-refractivity contribution < 1.29 is 33.8 Å². The highest BCUT2D eigenvalue weighted by Crippen LogP contribution is 2.34. The largest absolute Gasteiger partial charge is 0.508 e. The van der Waals surface area contributed by atoms with Gasteiger partial charge in [0.15, 0.2) is 0 Å². The molecule has 0 heterocycles. The number of nitrogens with zero attached hydrogens (tertiary/aromatic N) is 1. The number of alkyl carbamates (subject to hydrolysis) is 1. The second kappa shape index (κ2) is 12.6. The highest BCUT2D eigenvalue weighted by Gasteiger charge is 2.44. The van der Waals surface area contributed by atoms with Gasteiger partial charge in [0.1, 0.15) is 30.0 Å². The van der Waals surface area contributed by atoms with Gasteiger partial charge in [-0.25, -0.2) is 4.79 Å². The maximum Gasteiger partial charge on any atom is 0.408 e. The number of esters is 1. The molecule has 36 heavy (non-hydrogen) atoms. The fourth-order valence-corrected chi connectivity index (χ4v) is 3.48. The molecule has 0 spiro atoms. The maximum absolute atomic E-state index is 14.1. The summed E-state index contributed by atoms with van der Waals surface area (Å²) in [5.74, 6) is -2.24. The Hall–Kier alpha value is -3.30. The first kappa shape index (κ1) is 30.7. The number of carbonyl (C=O) groups excluding carboxylic acids is 4. The van der Waals surface area contributed by atoms with Crippen molar-refractivity contribution >= 4 is 23.9 Å². The lowest BCUT2D eigenvalue weighted by atomic mass is 9.90. The minimum absolute atomic E-state index is 0.0905. The van der Waals surface area contributed by atoms with E-state index in [2.05, 4.69) is 15.4 Å². The quantitative estimate of drug-likeness (QED) is 0.414. The van der Waals surface area contributed by atoms with E-state index in [-0.39, 0.29) is 11.7 Å². The average Bonchev–Trinajstić information content (AvgIpc) is 2.77. The summed E-state index contributed by atoms with van der Waals surface area (Å²) in [4.78, 5) is 53.3. The predicted octanol–water partition coefficient (Wildman–Crippen LogP) is 3.29. The number of carbonyl (C=O) groups is 4. The number of phenolic OH excluding ortho intramolecular Hbond substituents is 1. The fraction of sp³-hybridized carbons (Fsp3) is 0.615. The monoisotopic (exact) mass is 507 g/mol. The molecule has 0 saturated carbocycles. The highest BCUT2D eigenvalue weighted by atomic mass is 16.6. The van der Waals surface area contributed by atoms with Gasteiger partial charge in [0.25, 0.3) is 0 Å². The number of benzene rings is 1. The first-order valence-corrected chi connectivity index (χ1v) is 12.0. The predicted molar refractivity (Wildman–Crippen MR) is 135 cm³/mol. The normalized spacial score (nSPS) is 13.4. The first-order chi connectivity index (χ1) is 16.5. The van der Waals surface area contributed by atoms with E-state index in [1.165, 1.54) is 24.1 Å². The molecule has 202 valence electrons. The summed E-state index contributed by atoms with van der Waals surface area (Å²) >= 11 is 0. The molecule has 1 rings (SSSR count). The number of hydrogen-bond acceptors (Lipinski definition) is 7. The highest BCUT2D eigenvalue weighted by molar-refractivity contribution is 5.93. The van der Waals surface area contributed by atoms with Crippen molar-refractivity contribution in [3.63, 3.8) is 0 Å². The Morgan fingerprint density at radius 2 is 1.69 bits per heavy atom. The standard InChI is InChI=1S/C26H41N3O7/c1-10-26(7,8)29(23(33)20(16(2)3)28-24(34)36-25(4,5)6)21(17-12-11-13-18(30)14-17)22(32)27-15-19(31)35-9/h11-14,16,20-21,30H,10,15H2,1-9H3,(H,27,32)(H,28,34). The number of nitrogens with one attached hydrogen (secondary N) is 2. The molecule has 0 aliphatic carbocycles. The van der Waals surface area contributed by atoms with Crippen molar-refractivity contribution in [1.82, 2.24) is 15.5 Å². The lowest BCUT2D eigenvalue weighted by molar-refractivity contribution is -0.151. The van der Waals surface area contributed by atoms with Gasteiger partial charge < -0.3 is 30.1 Å². The molecule has 10 heteroatoms. The Morgan fingerprint density at radius 1 is 1.08 bits per heavy atom. The van der Waals surface area contributed by atoms with E-state index in [9.17, 15) is 24.3 Å². The molecular weight excluding hydrogens is 466 g/mol. The van der Waals surface area contributed by atoms with Crippen LogP contribution in [0.1, 0.15) is 73.4 Å². The lowest BCUT2D eigenvalue weighted by Gasteiger charge is -2.45. The van der Waals surface area contributed by atoms with Gasteiger partial charge in [0, 0.05) is 5.54 Å². The second-order valence-corrected chi connectivity index (χ2v) is 10.5. The molecule has 1 aromatic rings. The van der Waals surface area contributed by atoms with Crippen molar-refractivity contribution in [2.75, 3.05) is 13.7 Å². The number of phenols is 1. The third kappa shape index (κ3) is 8.73. The average molecular weight is 508 g/mol. The van der Waals surface area contributed by atoms with Crippen LogP contribution in [-0.2, 0) is 23.9 Å². The van der Waals surface area contributed by atoms with Gasteiger partial charge in [-0.05, 0) is 64.7 Å². The Bertz CT molecular complexity index is 938. The molecule has 2 atom stereocenters.